The van der Waals surface area contributed by atoms with Gasteiger partial charge in [0.2, 0.25) is 0 Å². The summed E-state index contributed by atoms with van der Waals surface area (Å²) in [7, 11) is 2.34. The zero-order chi connectivity index (χ0) is 15.5. The summed E-state index contributed by atoms with van der Waals surface area (Å²) in [5.41, 5.74) is 5.18. The molecular weight excluding hydrogens is 254 g/mol. The van der Waals surface area contributed by atoms with Crippen molar-refractivity contribution < 1.29 is 5.02 Å². The molecule has 1 rings (SSSR count). The van der Waals surface area contributed by atoms with E-state index >= 15 is 0 Å². The van der Waals surface area contributed by atoms with Crippen LogP contribution in [0.1, 0.15) is 49.7 Å². The number of aryl methyl sites for hydroxylation is 2. The Labute approximate surface area is 131 Å². The van der Waals surface area contributed by atoms with Crippen LogP contribution < -0.4 is 10.9 Å². The molecule has 0 unspecified atom stereocenters. The molecule has 0 saturated carbocycles. The first kappa shape index (κ1) is 17.8. The standard InChI is InChI=1S/C18H28B2O/c1-3-5-7-9-11-15-14-18(20-21)16(13-17(15)19)12-10-8-6-4-2/h3-4,13-14,20-21H,1-2,5-12,19H2. The van der Waals surface area contributed by atoms with Gasteiger partial charge in [0.25, 0.3) is 0 Å². The highest BCUT2D eigenvalue weighted by Gasteiger charge is 2.08. The summed E-state index contributed by atoms with van der Waals surface area (Å²) in [6.45, 7) is 7.52. The summed E-state index contributed by atoms with van der Waals surface area (Å²) in [4.78, 5) is 0. The van der Waals surface area contributed by atoms with E-state index in [2.05, 4.69) is 33.1 Å². The van der Waals surface area contributed by atoms with E-state index in [9.17, 15) is 5.02 Å². The third-order valence-electron chi connectivity index (χ3n) is 4.04. The Morgan fingerprint density at radius 3 is 2.05 bits per heavy atom. The largest absolute Gasteiger partial charge is 0.449 e. The van der Waals surface area contributed by atoms with Crippen molar-refractivity contribution in [2.45, 2.75) is 51.4 Å². The second-order valence-electron chi connectivity index (χ2n) is 5.77. The normalized spacial score (nSPS) is 10.3. The SMILES string of the molecule is Bc1cc(CCCCC=C)c(BO)cc1CCCCC=C. The minimum Gasteiger partial charge on any atom is -0.449 e. The van der Waals surface area contributed by atoms with Crippen molar-refractivity contribution in [3.63, 3.8) is 0 Å². The van der Waals surface area contributed by atoms with Gasteiger partial charge in [0.1, 0.15) is 7.85 Å². The molecule has 0 amide bonds. The Bertz CT molecular complexity index is 455. The van der Waals surface area contributed by atoms with Crippen molar-refractivity contribution in [2.75, 3.05) is 0 Å². The van der Waals surface area contributed by atoms with E-state index in [-0.39, 0.29) is 7.48 Å². The molecule has 3 heteroatoms. The monoisotopic (exact) mass is 282 g/mol. The molecule has 0 aliphatic carbocycles. The van der Waals surface area contributed by atoms with Crippen LogP contribution in [-0.2, 0) is 12.8 Å². The van der Waals surface area contributed by atoms with E-state index < -0.39 is 0 Å². The summed E-state index contributed by atoms with van der Waals surface area (Å²) in [6.07, 6.45) is 13.0. The van der Waals surface area contributed by atoms with Gasteiger partial charge in [-0.15, -0.1) is 13.2 Å². The first-order valence-electron chi connectivity index (χ1n) is 8.16. The van der Waals surface area contributed by atoms with Crippen LogP contribution in [0.25, 0.3) is 0 Å². The maximum atomic E-state index is 9.62. The summed E-state index contributed by atoms with van der Waals surface area (Å²) in [6, 6.07) is 4.49. The molecule has 112 valence electrons. The Morgan fingerprint density at radius 2 is 1.52 bits per heavy atom. The van der Waals surface area contributed by atoms with Crippen LogP contribution >= 0.6 is 0 Å². The molecule has 0 fully saturated rings. The molecule has 0 spiro atoms. The van der Waals surface area contributed by atoms with Crippen molar-refractivity contribution in [1.29, 1.82) is 0 Å². The summed E-state index contributed by atoms with van der Waals surface area (Å²) in [5.74, 6) is 0. The highest BCUT2D eigenvalue weighted by Crippen LogP contribution is 2.09. The molecule has 0 heterocycles. The number of hydrogen-bond donors (Lipinski definition) is 1. The minimum atomic E-state index is 0.150. The van der Waals surface area contributed by atoms with Gasteiger partial charge in [0, 0.05) is 0 Å². The van der Waals surface area contributed by atoms with Gasteiger partial charge < -0.3 is 5.02 Å². The smallest absolute Gasteiger partial charge is 0.305 e. The fourth-order valence-electron chi connectivity index (χ4n) is 2.72. The van der Waals surface area contributed by atoms with E-state index in [4.69, 9.17) is 0 Å². The summed E-state index contributed by atoms with van der Waals surface area (Å²) < 4.78 is 0. The third-order valence-corrected chi connectivity index (χ3v) is 4.04. The van der Waals surface area contributed by atoms with Crippen LogP contribution in [0.4, 0.5) is 0 Å². The number of allylic oxidation sites excluding steroid dienone is 2. The average molecular weight is 282 g/mol. The Balaban J connectivity index is 2.66. The second kappa shape index (κ2) is 10.5. The quantitative estimate of drug-likeness (QED) is 0.372. The number of hydrogen-bond acceptors (Lipinski definition) is 1. The summed E-state index contributed by atoms with van der Waals surface area (Å²) >= 11 is 0. The Kier molecular flexibility index (Phi) is 8.93. The molecule has 1 nitrogen and oxygen atoms in total. The predicted octanol–water partition coefficient (Wildman–Crippen LogP) is 1.71. The minimum absolute atomic E-state index is 0.150. The molecule has 0 aromatic heterocycles. The molecular formula is C18H28B2O. The Hall–Kier alpha value is -1.21. The van der Waals surface area contributed by atoms with Gasteiger partial charge in [-0.2, -0.15) is 0 Å². The van der Waals surface area contributed by atoms with E-state index in [0.717, 1.165) is 37.6 Å². The van der Waals surface area contributed by atoms with Gasteiger partial charge in [-0.25, -0.2) is 0 Å². The zero-order valence-corrected chi connectivity index (χ0v) is 13.5. The first-order chi connectivity index (χ1) is 10.2. The Morgan fingerprint density at radius 1 is 0.952 bits per heavy atom. The van der Waals surface area contributed by atoms with E-state index in [1.807, 2.05) is 12.2 Å². The van der Waals surface area contributed by atoms with Crippen molar-refractivity contribution in [2.24, 2.45) is 0 Å². The molecule has 0 aliphatic heterocycles. The second-order valence-corrected chi connectivity index (χ2v) is 5.77. The number of unbranched alkanes of at least 4 members (excludes halogenated alkanes) is 4. The molecule has 0 bridgehead atoms. The lowest BCUT2D eigenvalue weighted by molar-refractivity contribution is 0.614. The van der Waals surface area contributed by atoms with Crippen LogP contribution in [-0.4, -0.2) is 20.4 Å². The van der Waals surface area contributed by atoms with Crippen molar-refractivity contribution >= 4 is 26.3 Å². The van der Waals surface area contributed by atoms with Gasteiger partial charge in [-0.3, -0.25) is 0 Å². The van der Waals surface area contributed by atoms with Crippen molar-refractivity contribution in [3.05, 3.63) is 48.6 Å². The maximum Gasteiger partial charge on any atom is 0.305 e. The van der Waals surface area contributed by atoms with Crippen LogP contribution in [0.3, 0.4) is 0 Å². The molecule has 0 aliphatic rings. The highest BCUT2D eigenvalue weighted by atomic mass is 16.2. The van der Waals surface area contributed by atoms with Crippen molar-refractivity contribution in [1.82, 2.24) is 0 Å². The van der Waals surface area contributed by atoms with Crippen LogP contribution in [0.5, 0.6) is 0 Å². The summed E-state index contributed by atoms with van der Waals surface area (Å²) in [5, 5.41) is 9.62. The number of benzene rings is 1. The maximum absolute atomic E-state index is 9.62. The molecule has 0 radical (unpaired) electrons. The van der Waals surface area contributed by atoms with Gasteiger partial charge in [-0.05, 0) is 56.8 Å². The van der Waals surface area contributed by atoms with E-state index in [1.54, 1.807) is 0 Å². The predicted molar refractivity (Wildman–Crippen MR) is 99.1 cm³/mol. The van der Waals surface area contributed by atoms with Gasteiger partial charge >= 0.3 is 7.48 Å². The lowest BCUT2D eigenvalue weighted by Gasteiger charge is -2.13. The lowest BCUT2D eigenvalue weighted by atomic mass is 9.76. The molecule has 1 N–H and O–H groups in total. The van der Waals surface area contributed by atoms with Crippen molar-refractivity contribution in [3.8, 4) is 0 Å². The highest BCUT2D eigenvalue weighted by molar-refractivity contribution is 6.47. The fraction of sp³-hybridized carbons (Fsp3) is 0.444. The van der Waals surface area contributed by atoms with E-state index in [1.165, 1.54) is 35.9 Å². The fourth-order valence-corrected chi connectivity index (χ4v) is 2.72. The average Bonchev–Trinajstić information content (AvgIpc) is 2.49. The third kappa shape index (κ3) is 6.39. The van der Waals surface area contributed by atoms with E-state index in [0.29, 0.717) is 0 Å². The van der Waals surface area contributed by atoms with Gasteiger partial charge in [-0.1, -0.05) is 40.9 Å². The van der Waals surface area contributed by atoms with Crippen LogP contribution in [0.2, 0.25) is 0 Å². The van der Waals surface area contributed by atoms with Gasteiger partial charge in [0.15, 0.2) is 0 Å². The molecule has 0 atom stereocenters. The zero-order valence-electron chi connectivity index (χ0n) is 13.5. The van der Waals surface area contributed by atoms with Crippen LogP contribution in [0, 0.1) is 0 Å². The lowest BCUT2D eigenvalue weighted by Crippen LogP contribution is -2.25. The van der Waals surface area contributed by atoms with Crippen LogP contribution in [0.15, 0.2) is 37.4 Å². The molecule has 1 aromatic carbocycles. The number of rotatable bonds is 11. The van der Waals surface area contributed by atoms with Gasteiger partial charge in [0.05, 0.1) is 0 Å². The molecule has 0 saturated heterocycles. The first-order valence-corrected chi connectivity index (χ1v) is 8.16. The molecule has 21 heavy (non-hydrogen) atoms. The topological polar surface area (TPSA) is 20.2 Å². The molecule has 1 aromatic rings.